The van der Waals surface area contributed by atoms with Gasteiger partial charge in [-0.15, -0.1) is 0 Å². The van der Waals surface area contributed by atoms with Gasteiger partial charge in [-0.1, -0.05) is 30.0 Å². The van der Waals surface area contributed by atoms with Gasteiger partial charge in [0.1, 0.15) is 12.7 Å². The SMILES string of the molecule is CC(=O)OC[C@@H]1O[C@H](N2C(=O)/C(=C(\C)c3ccccn3)SC2=S)[C@H](OC(C)=O)[C@H](OC(C)=O)[C@@H]1OC(C)=O. The van der Waals surface area contributed by atoms with Crippen LogP contribution in [0, 0.1) is 0 Å². The first-order valence-electron chi connectivity index (χ1n) is 11.4. The van der Waals surface area contributed by atoms with Crippen LogP contribution in [0.2, 0.25) is 0 Å². The van der Waals surface area contributed by atoms with Gasteiger partial charge < -0.3 is 23.7 Å². The molecule has 1 amide bonds. The standard InChI is InChI=1S/C24H26N2O10S2/c1-11(16-8-6-7-9-25-16)21-22(31)26(24(37)38-21)23-20(35-15(5)30)19(34-14(4)29)18(33-13(3)28)17(36-23)10-32-12(2)27/h6-9,17-20,23H,10H2,1-5H3/b21-11-/t17-,18+,19+,20+,23-/m0/s1. The van der Waals surface area contributed by atoms with Gasteiger partial charge in [-0.3, -0.25) is 33.9 Å². The third-order valence-corrected chi connectivity index (χ3v) is 6.91. The summed E-state index contributed by atoms with van der Waals surface area (Å²) in [5.41, 5.74) is 1.10. The number of hydrogen-bond acceptors (Lipinski definition) is 13. The fraction of sp³-hybridized carbons (Fsp3) is 0.458. The van der Waals surface area contributed by atoms with Crippen molar-refractivity contribution >= 4 is 63.7 Å². The van der Waals surface area contributed by atoms with Crippen molar-refractivity contribution < 1.29 is 47.7 Å². The summed E-state index contributed by atoms with van der Waals surface area (Å²) in [6.07, 6.45) is -5.28. The number of esters is 4. The number of hydrogen-bond donors (Lipinski definition) is 0. The van der Waals surface area contributed by atoms with Crippen LogP contribution in [-0.2, 0) is 47.7 Å². The van der Waals surface area contributed by atoms with Gasteiger partial charge in [0.15, 0.2) is 28.9 Å². The normalized spacial score (nSPS) is 26.4. The number of carbonyl (C=O) groups is 5. The van der Waals surface area contributed by atoms with Gasteiger partial charge in [-0.05, 0) is 24.6 Å². The molecular formula is C24H26N2O10S2. The van der Waals surface area contributed by atoms with Crippen molar-refractivity contribution in [3.63, 3.8) is 0 Å². The van der Waals surface area contributed by atoms with E-state index in [1.165, 1.54) is 6.92 Å². The summed E-state index contributed by atoms with van der Waals surface area (Å²) in [7, 11) is 0. The third-order valence-electron chi connectivity index (χ3n) is 5.41. The molecule has 3 heterocycles. The molecule has 12 nitrogen and oxygen atoms in total. The van der Waals surface area contributed by atoms with Gasteiger partial charge in [0.05, 0.1) is 10.6 Å². The second kappa shape index (κ2) is 12.5. The molecule has 0 aliphatic carbocycles. The Hall–Kier alpha value is -3.36. The maximum Gasteiger partial charge on any atom is 0.303 e. The Morgan fingerprint density at radius 3 is 2.11 bits per heavy atom. The topological polar surface area (TPSA) is 148 Å². The van der Waals surface area contributed by atoms with Gasteiger partial charge in [0.25, 0.3) is 5.91 Å². The number of rotatable bonds is 7. The highest BCUT2D eigenvalue weighted by atomic mass is 32.2. The lowest BCUT2D eigenvalue weighted by molar-refractivity contribution is -0.268. The molecule has 1 aromatic heterocycles. The zero-order valence-electron chi connectivity index (χ0n) is 21.2. The van der Waals surface area contributed by atoms with Crippen LogP contribution in [-0.4, -0.2) is 81.2 Å². The van der Waals surface area contributed by atoms with E-state index in [1.807, 2.05) is 0 Å². The average molecular weight is 567 g/mol. The number of ether oxygens (including phenoxy) is 5. The quantitative estimate of drug-likeness (QED) is 0.204. The monoisotopic (exact) mass is 566 g/mol. The Kier molecular flexibility index (Phi) is 9.57. The summed E-state index contributed by atoms with van der Waals surface area (Å²) in [5.74, 6) is -3.55. The van der Waals surface area contributed by atoms with E-state index in [9.17, 15) is 24.0 Å². The van der Waals surface area contributed by atoms with Crippen molar-refractivity contribution in [1.82, 2.24) is 9.88 Å². The van der Waals surface area contributed by atoms with E-state index in [0.717, 1.165) is 37.4 Å². The fourth-order valence-corrected chi connectivity index (χ4v) is 5.28. The molecule has 2 aliphatic rings. The molecule has 5 atom stereocenters. The zero-order valence-corrected chi connectivity index (χ0v) is 22.8. The van der Waals surface area contributed by atoms with E-state index in [-0.39, 0.29) is 9.23 Å². The molecule has 0 N–H and O–H groups in total. The lowest BCUT2D eigenvalue weighted by atomic mass is 9.96. The van der Waals surface area contributed by atoms with Crippen LogP contribution in [0.25, 0.3) is 5.57 Å². The molecule has 0 spiro atoms. The number of thiocarbonyl (C=S) groups is 1. The van der Waals surface area contributed by atoms with Crippen molar-refractivity contribution in [3.05, 3.63) is 35.0 Å². The molecule has 3 rings (SSSR count). The highest BCUT2D eigenvalue weighted by Crippen LogP contribution is 2.41. The zero-order chi connectivity index (χ0) is 28.1. The van der Waals surface area contributed by atoms with Crippen molar-refractivity contribution in [3.8, 4) is 0 Å². The van der Waals surface area contributed by atoms with Crippen LogP contribution in [0.3, 0.4) is 0 Å². The van der Waals surface area contributed by atoms with Crippen LogP contribution >= 0.6 is 24.0 Å². The molecule has 0 saturated carbocycles. The Balaban J connectivity index is 2.09. The summed E-state index contributed by atoms with van der Waals surface area (Å²) in [5, 5.41) is 0. The molecule has 2 saturated heterocycles. The summed E-state index contributed by atoms with van der Waals surface area (Å²) < 4.78 is 27.5. The lowest BCUT2D eigenvalue weighted by Gasteiger charge is -2.46. The van der Waals surface area contributed by atoms with E-state index in [2.05, 4.69) is 4.98 Å². The molecule has 38 heavy (non-hydrogen) atoms. The van der Waals surface area contributed by atoms with E-state index in [4.69, 9.17) is 35.9 Å². The second-order valence-electron chi connectivity index (χ2n) is 8.30. The van der Waals surface area contributed by atoms with E-state index < -0.39 is 67.0 Å². The van der Waals surface area contributed by atoms with Crippen LogP contribution in [0.5, 0.6) is 0 Å². The van der Waals surface area contributed by atoms with Crippen molar-refractivity contribution in [1.29, 1.82) is 0 Å². The summed E-state index contributed by atoms with van der Waals surface area (Å²) in [6, 6.07) is 5.24. The average Bonchev–Trinajstić information content (AvgIpc) is 3.13. The number of carbonyl (C=O) groups excluding carboxylic acids is 5. The first-order valence-corrected chi connectivity index (χ1v) is 12.6. The number of aromatic nitrogens is 1. The molecule has 0 bridgehead atoms. The van der Waals surface area contributed by atoms with Crippen molar-refractivity contribution in [2.24, 2.45) is 0 Å². The van der Waals surface area contributed by atoms with E-state index >= 15 is 0 Å². The fourth-order valence-electron chi connectivity index (χ4n) is 3.94. The predicted octanol–water partition coefficient (Wildman–Crippen LogP) is 1.76. The molecule has 0 unspecified atom stereocenters. The minimum atomic E-state index is -1.45. The molecule has 204 valence electrons. The third kappa shape index (κ3) is 6.74. The Morgan fingerprint density at radius 1 is 0.947 bits per heavy atom. The van der Waals surface area contributed by atoms with Gasteiger partial charge in [0.2, 0.25) is 0 Å². The molecule has 2 fully saturated rings. The smallest absolute Gasteiger partial charge is 0.303 e. The van der Waals surface area contributed by atoms with Crippen LogP contribution < -0.4 is 0 Å². The molecule has 1 aromatic rings. The van der Waals surface area contributed by atoms with Gasteiger partial charge in [-0.25, -0.2) is 0 Å². The largest absolute Gasteiger partial charge is 0.463 e. The van der Waals surface area contributed by atoms with Gasteiger partial charge in [-0.2, -0.15) is 0 Å². The Bertz CT molecular complexity index is 1170. The first kappa shape index (κ1) is 29.2. The minimum absolute atomic E-state index is 0.0705. The summed E-state index contributed by atoms with van der Waals surface area (Å²) in [4.78, 5) is 66.9. The number of allylic oxidation sites excluding steroid dienone is 1. The summed E-state index contributed by atoms with van der Waals surface area (Å²) in [6.45, 7) is 5.80. The number of nitrogens with zero attached hydrogens (tertiary/aromatic N) is 2. The molecule has 14 heteroatoms. The highest BCUT2D eigenvalue weighted by Gasteiger charge is 2.56. The van der Waals surface area contributed by atoms with Crippen molar-refractivity contribution in [2.75, 3.05) is 6.61 Å². The number of thioether (sulfide) groups is 1. The van der Waals surface area contributed by atoms with Crippen LogP contribution in [0.15, 0.2) is 29.3 Å². The summed E-state index contributed by atoms with van der Waals surface area (Å²) >= 11 is 6.49. The first-order chi connectivity index (χ1) is 17.9. The van der Waals surface area contributed by atoms with Gasteiger partial charge >= 0.3 is 23.9 Å². The minimum Gasteiger partial charge on any atom is -0.463 e. The molecule has 0 aromatic carbocycles. The van der Waals surface area contributed by atoms with E-state index in [1.54, 1.807) is 31.3 Å². The number of pyridine rings is 1. The maximum absolute atomic E-state index is 13.7. The molecular weight excluding hydrogens is 540 g/mol. The second-order valence-corrected chi connectivity index (χ2v) is 9.95. The molecule has 2 aliphatic heterocycles. The maximum atomic E-state index is 13.7. The van der Waals surface area contributed by atoms with Crippen LogP contribution in [0.1, 0.15) is 40.3 Å². The lowest BCUT2D eigenvalue weighted by Crippen LogP contribution is -2.66. The Labute approximate surface area is 228 Å². The highest BCUT2D eigenvalue weighted by molar-refractivity contribution is 8.26. The van der Waals surface area contributed by atoms with Crippen LogP contribution in [0.4, 0.5) is 0 Å². The number of amides is 1. The van der Waals surface area contributed by atoms with Gasteiger partial charge in [0, 0.05) is 33.9 Å². The molecule has 0 radical (unpaired) electrons. The predicted molar refractivity (Wildman–Crippen MR) is 136 cm³/mol. The van der Waals surface area contributed by atoms with Crippen molar-refractivity contribution in [2.45, 2.75) is 65.3 Å². The van der Waals surface area contributed by atoms with E-state index in [0.29, 0.717) is 11.3 Å². The Morgan fingerprint density at radius 2 is 1.55 bits per heavy atom.